The van der Waals surface area contributed by atoms with Crippen LogP contribution in [0.3, 0.4) is 0 Å². The standard InChI is InChI=1S/C22H27N3/c1-7-15-25(16-8-1)17-9-6-11-18-10-2-3-12-19(18)22-23-20-13-4-5-14-21(20)24-22/h2-5,10,12-14H,1,6-9,11,15-17H2,(H,23,24). The molecule has 1 aliphatic rings. The fourth-order valence-corrected chi connectivity index (χ4v) is 3.88. The molecule has 3 aromatic rings. The molecule has 0 bridgehead atoms. The SMILES string of the molecule is c1ccc(-c2nc3ccccc3[nH]2)c(CCCCN2CCCCC2)c1. The van der Waals surface area contributed by atoms with E-state index >= 15 is 0 Å². The summed E-state index contributed by atoms with van der Waals surface area (Å²) in [5.74, 6) is 0.993. The Labute approximate surface area is 150 Å². The molecule has 1 N–H and O–H groups in total. The zero-order valence-corrected chi connectivity index (χ0v) is 14.9. The zero-order valence-electron chi connectivity index (χ0n) is 14.9. The normalized spacial score (nSPS) is 15.7. The Morgan fingerprint density at radius 2 is 1.68 bits per heavy atom. The number of likely N-dealkylation sites (tertiary alicyclic amines) is 1. The lowest BCUT2D eigenvalue weighted by atomic mass is 10.0. The molecule has 0 saturated carbocycles. The molecule has 2 aromatic carbocycles. The van der Waals surface area contributed by atoms with Gasteiger partial charge >= 0.3 is 0 Å². The van der Waals surface area contributed by atoms with Crippen LogP contribution in [0.1, 0.15) is 37.7 Å². The minimum absolute atomic E-state index is 0.993. The van der Waals surface area contributed by atoms with Crippen molar-refractivity contribution in [2.75, 3.05) is 19.6 Å². The number of rotatable bonds is 6. The molecular formula is C22H27N3. The molecule has 2 heterocycles. The predicted octanol–water partition coefficient (Wildman–Crippen LogP) is 5.04. The van der Waals surface area contributed by atoms with Crippen molar-refractivity contribution in [2.45, 2.75) is 38.5 Å². The molecule has 0 spiro atoms. The summed E-state index contributed by atoms with van der Waals surface area (Å²) in [4.78, 5) is 10.9. The maximum absolute atomic E-state index is 4.78. The molecule has 1 fully saturated rings. The highest BCUT2D eigenvalue weighted by Gasteiger charge is 2.11. The first kappa shape index (κ1) is 16.3. The number of aromatic amines is 1. The number of H-pyrrole nitrogens is 1. The average molecular weight is 333 g/mol. The van der Waals surface area contributed by atoms with E-state index in [4.69, 9.17) is 4.98 Å². The lowest BCUT2D eigenvalue weighted by Gasteiger charge is -2.26. The van der Waals surface area contributed by atoms with Gasteiger partial charge in [-0.3, -0.25) is 0 Å². The summed E-state index contributed by atoms with van der Waals surface area (Å²) < 4.78 is 0. The van der Waals surface area contributed by atoms with E-state index < -0.39 is 0 Å². The third-order valence-electron chi connectivity index (χ3n) is 5.28. The van der Waals surface area contributed by atoms with Gasteiger partial charge in [0.15, 0.2) is 0 Å². The number of fused-ring (bicyclic) bond motifs is 1. The van der Waals surface area contributed by atoms with Crippen molar-refractivity contribution in [1.29, 1.82) is 0 Å². The van der Waals surface area contributed by atoms with Crippen LogP contribution in [0.25, 0.3) is 22.4 Å². The minimum Gasteiger partial charge on any atom is -0.338 e. The Morgan fingerprint density at radius 3 is 2.56 bits per heavy atom. The quantitative estimate of drug-likeness (QED) is 0.641. The van der Waals surface area contributed by atoms with Crippen molar-refractivity contribution in [3.63, 3.8) is 0 Å². The van der Waals surface area contributed by atoms with E-state index in [1.807, 2.05) is 6.07 Å². The van der Waals surface area contributed by atoms with Gasteiger partial charge < -0.3 is 9.88 Å². The maximum Gasteiger partial charge on any atom is 0.138 e. The number of hydrogen-bond donors (Lipinski definition) is 1. The van der Waals surface area contributed by atoms with E-state index in [0.29, 0.717) is 0 Å². The minimum atomic E-state index is 0.993. The fraction of sp³-hybridized carbons (Fsp3) is 0.409. The van der Waals surface area contributed by atoms with Crippen LogP contribution in [0.5, 0.6) is 0 Å². The summed E-state index contributed by atoms with van der Waals surface area (Å²) in [6.45, 7) is 3.86. The molecule has 0 aliphatic carbocycles. The Balaban J connectivity index is 1.42. The largest absolute Gasteiger partial charge is 0.338 e. The van der Waals surface area contributed by atoms with Crippen LogP contribution < -0.4 is 0 Å². The number of aryl methyl sites for hydroxylation is 1. The molecule has 25 heavy (non-hydrogen) atoms. The summed E-state index contributed by atoms with van der Waals surface area (Å²) in [7, 11) is 0. The van der Waals surface area contributed by atoms with Crippen molar-refractivity contribution in [1.82, 2.24) is 14.9 Å². The smallest absolute Gasteiger partial charge is 0.138 e. The number of imidazole rings is 1. The summed E-state index contributed by atoms with van der Waals surface area (Å²) in [5, 5.41) is 0. The summed E-state index contributed by atoms with van der Waals surface area (Å²) in [5.41, 5.74) is 4.80. The molecule has 1 aromatic heterocycles. The van der Waals surface area contributed by atoms with Gasteiger partial charge in [-0.2, -0.15) is 0 Å². The van der Waals surface area contributed by atoms with Gasteiger partial charge in [0.05, 0.1) is 11.0 Å². The van der Waals surface area contributed by atoms with Crippen molar-refractivity contribution in [3.8, 4) is 11.4 Å². The first-order chi connectivity index (χ1) is 12.4. The van der Waals surface area contributed by atoms with Gasteiger partial charge in [0.2, 0.25) is 0 Å². The van der Waals surface area contributed by atoms with Gasteiger partial charge in [-0.15, -0.1) is 0 Å². The molecule has 0 radical (unpaired) electrons. The van der Waals surface area contributed by atoms with Gasteiger partial charge in [0.1, 0.15) is 5.82 Å². The second-order valence-electron chi connectivity index (χ2n) is 7.12. The van der Waals surface area contributed by atoms with Gasteiger partial charge in [-0.05, 0) is 69.4 Å². The molecule has 0 amide bonds. The van der Waals surface area contributed by atoms with Crippen LogP contribution in [-0.2, 0) is 6.42 Å². The van der Waals surface area contributed by atoms with Crippen LogP contribution >= 0.6 is 0 Å². The van der Waals surface area contributed by atoms with Gasteiger partial charge in [0.25, 0.3) is 0 Å². The van der Waals surface area contributed by atoms with Crippen LogP contribution in [0.4, 0.5) is 0 Å². The van der Waals surface area contributed by atoms with Crippen molar-refractivity contribution in [3.05, 3.63) is 54.1 Å². The lowest BCUT2D eigenvalue weighted by Crippen LogP contribution is -2.30. The third-order valence-corrected chi connectivity index (χ3v) is 5.28. The number of nitrogens with one attached hydrogen (secondary N) is 1. The molecule has 130 valence electrons. The second kappa shape index (κ2) is 7.83. The van der Waals surface area contributed by atoms with E-state index in [1.165, 1.54) is 62.9 Å². The monoisotopic (exact) mass is 333 g/mol. The molecule has 3 heteroatoms. The molecule has 1 aliphatic heterocycles. The number of hydrogen-bond acceptors (Lipinski definition) is 2. The first-order valence-electron chi connectivity index (χ1n) is 9.65. The average Bonchev–Trinajstić information content (AvgIpc) is 3.10. The highest BCUT2D eigenvalue weighted by atomic mass is 15.1. The Hall–Kier alpha value is -2.13. The van der Waals surface area contributed by atoms with Crippen LogP contribution in [-0.4, -0.2) is 34.5 Å². The Morgan fingerprint density at radius 1 is 0.880 bits per heavy atom. The number of unbranched alkanes of at least 4 members (excludes halogenated alkanes) is 1. The topological polar surface area (TPSA) is 31.9 Å². The van der Waals surface area contributed by atoms with Crippen molar-refractivity contribution >= 4 is 11.0 Å². The number of aromatic nitrogens is 2. The molecule has 0 atom stereocenters. The fourth-order valence-electron chi connectivity index (χ4n) is 3.88. The maximum atomic E-state index is 4.78. The number of benzene rings is 2. The number of piperidine rings is 1. The van der Waals surface area contributed by atoms with E-state index in [0.717, 1.165) is 23.3 Å². The zero-order chi connectivity index (χ0) is 16.9. The Bertz CT molecular complexity index is 782. The molecule has 1 saturated heterocycles. The Kier molecular flexibility index (Phi) is 5.12. The summed E-state index contributed by atoms with van der Waals surface area (Å²) in [6.07, 6.45) is 7.84. The van der Waals surface area contributed by atoms with Crippen LogP contribution in [0.15, 0.2) is 48.5 Å². The highest BCUT2D eigenvalue weighted by molar-refractivity contribution is 5.79. The van der Waals surface area contributed by atoms with Gasteiger partial charge in [0, 0.05) is 5.56 Å². The highest BCUT2D eigenvalue weighted by Crippen LogP contribution is 2.25. The lowest BCUT2D eigenvalue weighted by molar-refractivity contribution is 0.225. The molecule has 3 nitrogen and oxygen atoms in total. The molecular weight excluding hydrogens is 306 g/mol. The summed E-state index contributed by atoms with van der Waals surface area (Å²) >= 11 is 0. The van der Waals surface area contributed by atoms with E-state index in [9.17, 15) is 0 Å². The summed E-state index contributed by atoms with van der Waals surface area (Å²) in [6, 6.07) is 17.0. The van der Waals surface area contributed by atoms with Crippen LogP contribution in [0.2, 0.25) is 0 Å². The van der Waals surface area contributed by atoms with Gasteiger partial charge in [-0.1, -0.05) is 42.8 Å². The van der Waals surface area contributed by atoms with E-state index in [1.54, 1.807) is 0 Å². The van der Waals surface area contributed by atoms with Gasteiger partial charge in [-0.25, -0.2) is 4.98 Å². The van der Waals surface area contributed by atoms with E-state index in [2.05, 4.69) is 52.3 Å². The molecule has 4 rings (SSSR count). The van der Waals surface area contributed by atoms with Crippen molar-refractivity contribution < 1.29 is 0 Å². The van der Waals surface area contributed by atoms with Crippen molar-refractivity contribution in [2.24, 2.45) is 0 Å². The predicted molar refractivity (Wildman–Crippen MR) is 105 cm³/mol. The van der Waals surface area contributed by atoms with E-state index in [-0.39, 0.29) is 0 Å². The number of nitrogens with zero attached hydrogens (tertiary/aromatic N) is 2. The second-order valence-corrected chi connectivity index (χ2v) is 7.12. The molecule has 0 unspecified atom stereocenters. The third kappa shape index (κ3) is 3.93. The first-order valence-corrected chi connectivity index (χ1v) is 9.65. The van der Waals surface area contributed by atoms with Crippen LogP contribution in [0, 0.1) is 0 Å². The number of para-hydroxylation sites is 2.